The summed E-state index contributed by atoms with van der Waals surface area (Å²) < 4.78 is 0. The predicted molar refractivity (Wildman–Crippen MR) is 65.5 cm³/mol. The fraction of sp³-hybridized carbons (Fsp3) is 0.0833. The Bertz CT molecular complexity index is 487. The molecule has 5 heteroatoms. The molecule has 1 amide bonds. The van der Waals surface area contributed by atoms with Crippen LogP contribution >= 0.6 is 0 Å². The smallest absolute Gasteiger partial charge is 0.212 e. The lowest BCUT2D eigenvalue weighted by atomic mass is 10.2. The first kappa shape index (κ1) is 11.1. The lowest BCUT2D eigenvalue weighted by molar-refractivity contribution is -0.105. The molecule has 0 radical (unpaired) electrons. The maximum absolute atomic E-state index is 10.3. The Morgan fingerprint density at radius 1 is 1.12 bits per heavy atom. The topological polar surface area (TPSA) is 66.9 Å². The minimum atomic E-state index is 0.477. The van der Waals surface area contributed by atoms with Gasteiger partial charge in [0.2, 0.25) is 6.41 Å². The van der Waals surface area contributed by atoms with E-state index in [-0.39, 0.29) is 0 Å². The highest BCUT2D eigenvalue weighted by atomic mass is 16.1. The summed E-state index contributed by atoms with van der Waals surface area (Å²) in [6, 6.07) is 11.7. The van der Waals surface area contributed by atoms with Crippen LogP contribution in [0.4, 0.5) is 11.6 Å². The lowest BCUT2D eigenvalue weighted by Gasteiger charge is -2.06. The van der Waals surface area contributed by atoms with Gasteiger partial charge in [-0.25, -0.2) is 9.97 Å². The van der Waals surface area contributed by atoms with Crippen molar-refractivity contribution in [3.8, 4) is 0 Å². The van der Waals surface area contributed by atoms with Crippen molar-refractivity contribution in [1.82, 2.24) is 9.97 Å². The van der Waals surface area contributed by atoms with Gasteiger partial charge in [-0.2, -0.15) is 0 Å². The molecule has 0 bridgehead atoms. The van der Waals surface area contributed by atoms with Crippen molar-refractivity contribution in [3.05, 3.63) is 48.3 Å². The SMILES string of the molecule is O=CNc1cc(NCc2ccccc2)ncn1. The zero-order valence-corrected chi connectivity index (χ0v) is 9.13. The van der Waals surface area contributed by atoms with Crippen molar-refractivity contribution in [3.63, 3.8) is 0 Å². The molecule has 0 spiro atoms. The average Bonchev–Trinajstić information content (AvgIpc) is 2.39. The molecule has 0 unspecified atom stereocenters. The standard InChI is InChI=1S/C12H12N4O/c17-9-16-12-6-11(14-8-15-12)13-7-10-4-2-1-3-5-10/h1-6,8-9H,7H2,(H2,13,14,15,16,17). The number of aromatic nitrogens is 2. The van der Waals surface area contributed by atoms with Gasteiger partial charge in [0, 0.05) is 12.6 Å². The third-order valence-electron chi connectivity index (χ3n) is 2.19. The van der Waals surface area contributed by atoms with Crippen molar-refractivity contribution >= 4 is 18.0 Å². The van der Waals surface area contributed by atoms with Crippen LogP contribution in [-0.2, 0) is 11.3 Å². The number of nitrogens with one attached hydrogen (secondary N) is 2. The number of hydrogen-bond donors (Lipinski definition) is 2. The third kappa shape index (κ3) is 3.27. The maximum Gasteiger partial charge on any atom is 0.212 e. The molecule has 17 heavy (non-hydrogen) atoms. The first-order valence-corrected chi connectivity index (χ1v) is 5.18. The highest BCUT2D eigenvalue weighted by Crippen LogP contribution is 2.09. The minimum Gasteiger partial charge on any atom is -0.366 e. The Morgan fingerprint density at radius 2 is 1.88 bits per heavy atom. The molecular weight excluding hydrogens is 216 g/mol. The van der Waals surface area contributed by atoms with Gasteiger partial charge in [-0.3, -0.25) is 4.79 Å². The summed E-state index contributed by atoms with van der Waals surface area (Å²) in [5.74, 6) is 1.15. The summed E-state index contributed by atoms with van der Waals surface area (Å²) in [6.07, 6.45) is 1.99. The molecule has 1 heterocycles. The highest BCUT2D eigenvalue weighted by Gasteiger charge is 1.97. The van der Waals surface area contributed by atoms with Gasteiger partial charge in [0.1, 0.15) is 18.0 Å². The van der Waals surface area contributed by atoms with Crippen LogP contribution in [0.25, 0.3) is 0 Å². The van der Waals surface area contributed by atoms with E-state index >= 15 is 0 Å². The van der Waals surface area contributed by atoms with E-state index in [2.05, 4.69) is 20.6 Å². The number of carbonyl (C=O) groups excluding carboxylic acids is 1. The second-order valence-corrected chi connectivity index (χ2v) is 3.39. The van der Waals surface area contributed by atoms with Gasteiger partial charge >= 0.3 is 0 Å². The molecule has 0 aliphatic heterocycles. The van der Waals surface area contributed by atoms with E-state index in [0.717, 1.165) is 5.56 Å². The molecule has 2 N–H and O–H groups in total. The summed E-state index contributed by atoms with van der Waals surface area (Å²) in [5.41, 5.74) is 1.16. The normalized spacial score (nSPS) is 9.65. The van der Waals surface area contributed by atoms with Crippen LogP contribution < -0.4 is 10.6 Å². The average molecular weight is 228 g/mol. The first-order valence-electron chi connectivity index (χ1n) is 5.18. The monoisotopic (exact) mass is 228 g/mol. The van der Waals surface area contributed by atoms with Crippen LogP contribution in [-0.4, -0.2) is 16.4 Å². The van der Waals surface area contributed by atoms with Crippen LogP contribution in [0.5, 0.6) is 0 Å². The van der Waals surface area contributed by atoms with E-state index in [4.69, 9.17) is 0 Å². The predicted octanol–water partition coefficient (Wildman–Crippen LogP) is 1.66. The summed E-state index contributed by atoms with van der Waals surface area (Å²) in [5, 5.41) is 5.63. The quantitative estimate of drug-likeness (QED) is 0.764. The first-order chi connectivity index (χ1) is 8.38. The van der Waals surface area contributed by atoms with E-state index < -0.39 is 0 Å². The highest BCUT2D eigenvalue weighted by molar-refractivity contribution is 5.69. The van der Waals surface area contributed by atoms with Gasteiger partial charge in [0.25, 0.3) is 0 Å². The summed E-state index contributed by atoms with van der Waals surface area (Å²) in [4.78, 5) is 18.2. The largest absolute Gasteiger partial charge is 0.366 e. The molecule has 0 aliphatic rings. The molecule has 0 fully saturated rings. The number of benzene rings is 1. The van der Waals surface area contributed by atoms with Crippen molar-refractivity contribution in [2.75, 3.05) is 10.6 Å². The van der Waals surface area contributed by atoms with E-state index in [1.165, 1.54) is 6.33 Å². The molecule has 1 aromatic carbocycles. The van der Waals surface area contributed by atoms with Crippen molar-refractivity contribution < 1.29 is 4.79 Å². The third-order valence-corrected chi connectivity index (χ3v) is 2.19. The lowest BCUT2D eigenvalue weighted by Crippen LogP contribution is -2.03. The van der Waals surface area contributed by atoms with E-state index in [0.29, 0.717) is 24.6 Å². The van der Waals surface area contributed by atoms with Crippen LogP contribution in [0.1, 0.15) is 5.56 Å². The summed E-state index contributed by atoms with van der Waals surface area (Å²) >= 11 is 0. The molecule has 2 aromatic rings. The van der Waals surface area contributed by atoms with E-state index in [9.17, 15) is 4.79 Å². The van der Waals surface area contributed by atoms with Gasteiger partial charge in [-0.05, 0) is 5.56 Å². The van der Waals surface area contributed by atoms with Gasteiger partial charge in [0.05, 0.1) is 0 Å². The molecule has 0 saturated carbocycles. The molecular formula is C12H12N4O. The second-order valence-electron chi connectivity index (χ2n) is 3.39. The number of carbonyl (C=O) groups is 1. The zero-order chi connectivity index (χ0) is 11.9. The Kier molecular flexibility index (Phi) is 3.64. The number of amides is 1. The molecule has 2 rings (SSSR count). The van der Waals surface area contributed by atoms with Crippen molar-refractivity contribution in [2.45, 2.75) is 6.54 Å². The molecule has 5 nitrogen and oxygen atoms in total. The fourth-order valence-corrected chi connectivity index (χ4v) is 1.38. The minimum absolute atomic E-state index is 0.477. The summed E-state index contributed by atoms with van der Waals surface area (Å²) in [7, 11) is 0. The zero-order valence-electron chi connectivity index (χ0n) is 9.13. The van der Waals surface area contributed by atoms with Crippen LogP contribution in [0, 0.1) is 0 Å². The maximum atomic E-state index is 10.3. The number of anilines is 2. The van der Waals surface area contributed by atoms with Crippen LogP contribution in [0.3, 0.4) is 0 Å². The Hall–Kier alpha value is -2.43. The molecule has 0 atom stereocenters. The Balaban J connectivity index is 1.99. The molecule has 0 saturated heterocycles. The number of rotatable bonds is 5. The fourth-order valence-electron chi connectivity index (χ4n) is 1.38. The Labute approximate surface area is 98.9 Å². The van der Waals surface area contributed by atoms with Gasteiger partial charge in [-0.1, -0.05) is 30.3 Å². The van der Waals surface area contributed by atoms with Crippen LogP contribution in [0.15, 0.2) is 42.7 Å². The van der Waals surface area contributed by atoms with E-state index in [1.807, 2.05) is 30.3 Å². The van der Waals surface area contributed by atoms with Crippen molar-refractivity contribution in [1.29, 1.82) is 0 Å². The van der Waals surface area contributed by atoms with Gasteiger partial charge in [0.15, 0.2) is 0 Å². The number of hydrogen-bond acceptors (Lipinski definition) is 4. The molecule has 0 aliphatic carbocycles. The number of nitrogens with zero attached hydrogens (tertiary/aromatic N) is 2. The van der Waals surface area contributed by atoms with Crippen molar-refractivity contribution in [2.24, 2.45) is 0 Å². The molecule has 86 valence electrons. The van der Waals surface area contributed by atoms with E-state index in [1.54, 1.807) is 6.07 Å². The van der Waals surface area contributed by atoms with Gasteiger partial charge in [-0.15, -0.1) is 0 Å². The summed E-state index contributed by atoms with van der Waals surface area (Å²) in [6.45, 7) is 0.679. The molecule has 1 aromatic heterocycles. The van der Waals surface area contributed by atoms with Crippen LogP contribution in [0.2, 0.25) is 0 Å². The second kappa shape index (κ2) is 5.60. The Morgan fingerprint density at radius 3 is 2.65 bits per heavy atom. The van der Waals surface area contributed by atoms with Gasteiger partial charge < -0.3 is 10.6 Å².